The molecule has 7 heteroatoms. The fourth-order valence-corrected chi connectivity index (χ4v) is 2.71. The van der Waals surface area contributed by atoms with Crippen molar-refractivity contribution in [1.82, 2.24) is 21.0 Å². The lowest BCUT2D eigenvalue weighted by Gasteiger charge is -2.09. The summed E-state index contributed by atoms with van der Waals surface area (Å²) < 4.78 is 5.16. The molecule has 0 aliphatic rings. The van der Waals surface area contributed by atoms with Crippen LogP contribution in [0.2, 0.25) is 0 Å². The van der Waals surface area contributed by atoms with Crippen LogP contribution < -0.4 is 10.9 Å². The average Bonchev–Trinajstić information content (AvgIpc) is 3.02. The van der Waals surface area contributed by atoms with Gasteiger partial charge in [0.15, 0.2) is 0 Å². The molecule has 0 spiro atoms. The summed E-state index contributed by atoms with van der Waals surface area (Å²) in [6.45, 7) is 7.76. The molecule has 0 aliphatic heterocycles. The molecule has 26 heavy (non-hydrogen) atoms. The minimum absolute atomic E-state index is 0.139. The molecule has 0 atom stereocenters. The summed E-state index contributed by atoms with van der Waals surface area (Å²) in [4.78, 5) is 28.7. The Labute approximate surface area is 150 Å². The summed E-state index contributed by atoms with van der Waals surface area (Å²) in [5.41, 5.74) is 8.68. The van der Waals surface area contributed by atoms with Gasteiger partial charge in [0.1, 0.15) is 0 Å². The molecular weight excluding hydrogens is 332 g/mol. The van der Waals surface area contributed by atoms with Gasteiger partial charge in [-0.1, -0.05) is 36.7 Å². The van der Waals surface area contributed by atoms with Crippen LogP contribution in [0.1, 0.15) is 57.3 Å². The Bertz CT molecular complexity index is 992. The largest absolute Gasteiger partial charge is 0.336 e. The maximum atomic E-state index is 12.3. The second kappa shape index (κ2) is 6.95. The van der Waals surface area contributed by atoms with Crippen molar-refractivity contribution in [3.05, 3.63) is 58.4 Å². The molecule has 2 aromatic heterocycles. The Balaban J connectivity index is 1.74. The maximum absolute atomic E-state index is 12.3. The number of hydrogen-bond acceptors (Lipinski definition) is 5. The lowest BCUT2D eigenvalue weighted by atomic mass is 10.1. The molecule has 3 aromatic rings. The van der Waals surface area contributed by atoms with Gasteiger partial charge in [0.25, 0.3) is 17.5 Å². The number of nitrogens with zero attached hydrogens (tertiary/aromatic N) is 2. The van der Waals surface area contributed by atoms with Crippen LogP contribution in [0.3, 0.4) is 0 Å². The molecule has 0 aliphatic carbocycles. The first-order valence-electron chi connectivity index (χ1n) is 8.30. The Morgan fingerprint density at radius 1 is 1.08 bits per heavy atom. The van der Waals surface area contributed by atoms with E-state index in [-0.39, 0.29) is 11.8 Å². The van der Waals surface area contributed by atoms with Gasteiger partial charge in [0.05, 0.1) is 16.6 Å². The van der Waals surface area contributed by atoms with Gasteiger partial charge in [-0.05, 0) is 37.5 Å². The highest BCUT2D eigenvalue weighted by atomic mass is 16.5. The van der Waals surface area contributed by atoms with Crippen LogP contribution in [-0.4, -0.2) is 22.0 Å². The van der Waals surface area contributed by atoms with Crippen LogP contribution in [-0.2, 0) is 0 Å². The van der Waals surface area contributed by atoms with Gasteiger partial charge in [-0.3, -0.25) is 20.4 Å². The van der Waals surface area contributed by atoms with E-state index in [0.717, 1.165) is 16.8 Å². The summed E-state index contributed by atoms with van der Waals surface area (Å²) in [6.07, 6.45) is 1.39. The van der Waals surface area contributed by atoms with Crippen LogP contribution in [0.5, 0.6) is 0 Å². The van der Waals surface area contributed by atoms with Crippen LogP contribution in [0.15, 0.2) is 35.0 Å². The molecule has 0 fully saturated rings. The van der Waals surface area contributed by atoms with E-state index < -0.39 is 5.91 Å². The molecule has 2 N–H and O–H groups in total. The van der Waals surface area contributed by atoms with Crippen molar-refractivity contribution < 1.29 is 14.1 Å². The number of hydrazine groups is 1. The number of hydrogen-bond donors (Lipinski definition) is 2. The van der Waals surface area contributed by atoms with E-state index in [9.17, 15) is 9.59 Å². The summed E-state index contributed by atoms with van der Waals surface area (Å²) in [5, 5.41) is 4.68. The fraction of sp³-hybridized carbons (Fsp3) is 0.263. The molecule has 1 aromatic carbocycles. The van der Waals surface area contributed by atoms with Gasteiger partial charge >= 0.3 is 0 Å². The molecule has 0 saturated heterocycles. The third-order valence-corrected chi connectivity index (χ3v) is 4.08. The monoisotopic (exact) mass is 352 g/mol. The predicted molar refractivity (Wildman–Crippen MR) is 96.7 cm³/mol. The van der Waals surface area contributed by atoms with Gasteiger partial charge < -0.3 is 4.52 Å². The number of aryl methyl sites for hydroxylation is 2. The molecule has 2 heterocycles. The SMILES string of the molecule is Cc1ccc(C(=O)NNC(=O)c2cnc3onc(C(C)C)c3c2)c(C)c1. The Hall–Kier alpha value is -3.22. The number of carbonyl (C=O) groups is 2. The average molecular weight is 352 g/mol. The second-order valence-corrected chi connectivity index (χ2v) is 6.53. The van der Waals surface area contributed by atoms with Gasteiger partial charge in [0.2, 0.25) is 0 Å². The third-order valence-electron chi connectivity index (χ3n) is 4.08. The number of amides is 2. The van der Waals surface area contributed by atoms with Crippen molar-refractivity contribution >= 4 is 22.9 Å². The van der Waals surface area contributed by atoms with E-state index in [2.05, 4.69) is 21.0 Å². The van der Waals surface area contributed by atoms with E-state index >= 15 is 0 Å². The Kier molecular flexibility index (Phi) is 4.71. The zero-order valence-electron chi connectivity index (χ0n) is 15.1. The van der Waals surface area contributed by atoms with Crippen molar-refractivity contribution in [3.8, 4) is 0 Å². The molecule has 0 saturated carbocycles. The topological polar surface area (TPSA) is 97.1 Å². The first-order chi connectivity index (χ1) is 12.4. The quantitative estimate of drug-likeness (QED) is 0.706. The fourth-order valence-electron chi connectivity index (χ4n) is 2.71. The zero-order chi connectivity index (χ0) is 18.8. The normalized spacial score (nSPS) is 11.0. The van der Waals surface area contributed by atoms with Crippen LogP contribution in [0, 0.1) is 13.8 Å². The van der Waals surface area contributed by atoms with Crippen molar-refractivity contribution in [3.63, 3.8) is 0 Å². The van der Waals surface area contributed by atoms with Crippen molar-refractivity contribution in [2.45, 2.75) is 33.6 Å². The van der Waals surface area contributed by atoms with Crippen molar-refractivity contribution in [2.24, 2.45) is 0 Å². The minimum Gasteiger partial charge on any atom is -0.336 e. The number of nitrogens with one attached hydrogen (secondary N) is 2. The predicted octanol–water partition coefficient (Wildman–Crippen LogP) is 3.04. The van der Waals surface area contributed by atoms with Crippen LogP contribution in [0.25, 0.3) is 11.1 Å². The third kappa shape index (κ3) is 3.42. The molecule has 7 nitrogen and oxygen atoms in total. The number of fused-ring (bicyclic) bond motifs is 1. The number of carbonyl (C=O) groups excluding carboxylic acids is 2. The smallest absolute Gasteiger partial charge is 0.271 e. The van der Waals surface area contributed by atoms with E-state index in [0.29, 0.717) is 22.2 Å². The molecular formula is C19H20N4O3. The van der Waals surface area contributed by atoms with Gasteiger partial charge in [-0.25, -0.2) is 4.98 Å². The molecule has 2 amide bonds. The summed E-state index contributed by atoms with van der Waals surface area (Å²) >= 11 is 0. The number of aromatic nitrogens is 2. The maximum Gasteiger partial charge on any atom is 0.271 e. The van der Waals surface area contributed by atoms with E-state index in [4.69, 9.17) is 4.52 Å². The van der Waals surface area contributed by atoms with Crippen molar-refractivity contribution in [2.75, 3.05) is 0 Å². The van der Waals surface area contributed by atoms with E-state index in [1.165, 1.54) is 6.20 Å². The summed E-state index contributed by atoms with van der Waals surface area (Å²) in [6, 6.07) is 7.15. The van der Waals surface area contributed by atoms with E-state index in [1.807, 2.05) is 39.8 Å². The summed E-state index contributed by atoms with van der Waals surface area (Å²) in [5.74, 6) is -0.702. The number of pyridine rings is 1. The zero-order valence-corrected chi connectivity index (χ0v) is 15.1. The van der Waals surface area contributed by atoms with Gasteiger partial charge in [-0.2, -0.15) is 0 Å². The standard InChI is InChI=1S/C19H20N4O3/c1-10(2)16-15-8-13(9-20-19(15)26-23-16)17(24)21-22-18(25)14-6-5-11(3)7-12(14)4/h5-10H,1-4H3,(H,21,24)(H,22,25). The molecule has 0 bridgehead atoms. The van der Waals surface area contributed by atoms with Gasteiger partial charge in [0, 0.05) is 11.8 Å². The highest BCUT2D eigenvalue weighted by Gasteiger charge is 2.16. The number of rotatable bonds is 3. The highest BCUT2D eigenvalue weighted by molar-refractivity contribution is 6.00. The molecule has 134 valence electrons. The Morgan fingerprint density at radius 3 is 2.50 bits per heavy atom. The molecule has 0 radical (unpaired) electrons. The molecule has 0 unspecified atom stereocenters. The highest BCUT2D eigenvalue weighted by Crippen LogP contribution is 2.23. The first kappa shape index (κ1) is 17.6. The van der Waals surface area contributed by atoms with Gasteiger partial charge in [-0.15, -0.1) is 0 Å². The molecule has 3 rings (SSSR count). The Morgan fingerprint density at radius 2 is 1.81 bits per heavy atom. The first-order valence-corrected chi connectivity index (χ1v) is 8.30. The summed E-state index contributed by atoms with van der Waals surface area (Å²) in [7, 11) is 0. The minimum atomic E-state index is -0.464. The van der Waals surface area contributed by atoms with Crippen LogP contribution >= 0.6 is 0 Å². The number of benzene rings is 1. The lowest BCUT2D eigenvalue weighted by molar-refractivity contribution is 0.0846. The van der Waals surface area contributed by atoms with E-state index in [1.54, 1.807) is 12.1 Å². The second-order valence-electron chi connectivity index (χ2n) is 6.53. The van der Waals surface area contributed by atoms with Crippen LogP contribution in [0.4, 0.5) is 0 Å². The lowest BCUT2D eigenvalue weighted by Crippen LogP contribution is -2.41. The van der Waals surface area contributed by atoms with Crippen molar-refractivity contribution in [1.29, 1.82) is 0 Å².